The van der Waals surface area contributed by atoms with Crippen molar-refractivity contribution in [3.8, 4) is 6.07 Å². The zero-order chi connectivity index (χ0) is 11.7. The maximum Gasteiger partial charge on any atom is 0.213 e. The summed E-state index contributed by atoms with van der Waals surface area (Å²) in [4.78, 5) is 4.01. The van der Waals surface area contributed by atoms with E-state index in [0.29, 0.717) is 5.82 Å². The topological polar surface area (TPSA) is 41.6 Å². The van der Waals surface area contributed by atoms with Gasteiger partial charge < -0.3 is 4.57 Å². The molecule has 0 aliphatic heterocycles. The highest BCUT2D eigenvalue weighted by Crippen LogP contribution is 2.23. The number of hydrogen-bond acceptors (Lipinski definition) is 2. The van der Waals surface area contributed by atoms with Crippen LogP contribution in [0.5, 0.6) is 0 Å². The molecule has 3 heteroatoms. The van der Waals surface area contributed by atoms with Crippen molar-refractivity contribution in [1.29, 1.82) is 5.26 Å². The van der Waals surface area contributed by atoms with Crippen LogP contribution in [0.4, 0.5) is 0 Å². The van der Waals surface area contributed by atoms with Gasteiger partial charge in [0.2, 0.25) is 5.82 Å². The minimum Gasteiger partial charge on any atom is -0.318 e. The molecular weight excluding hydrogens is 210 g/mol. The third-order valence-corrected chi connectivity index (χ3v) is 3.33. The van der Waals surface area contributed by atoms with Crippen LogP contribution < -0.4 is 0 Å². The first-order chi connectivity index (χ1) is 8.36. The molecule has 1 heterocycles. The fourth-order valence-corrected chi connectivity index (χ4v) is 2.47. The maximum absolute atomic E-state index is 8.91. The molecule has 17 heavy (non-hydrogen) atoms. The molecular formula is C14H13N3. The molecule has 0 amide bonds. The van der Waals surface area contributed by atoms with E-state index in [2.05, 4.69) is 29.3 Å². The quantitative estimate of drug-likeness (QED) is 0.783. The monoisotopic (exact) mass is 223 g/mol. The van der Waals surface area contributed by atoms with E-state index in [0.717, 1.165) is 6.54 Å². The molecule has 0 atom stereocenters. The molecule has 0 bridgehead atoms. The molecule has 0 N–H and O–H groups in total. The summed E-state index contributed by atoms with van der Waals surface area (Å²) in [5, 5.41) is 8.91. The van der Waals surface area contributed by atoms with E-state index in [-0.39, 0.29) is 0 Å². The zero-order valence-corrected chi connectivity index (χ0v) is 9.56. The predicted molar refractivity (Wildman–Crippen MR) is 64.5 cm³/mol. The van der Waals surface area contributed by atoms with Gasteiger partial charge in [0.05, 0.1) is 0 Å². The Morgan fingerprint density at radius 2 is 2.18 bits per heavy atom. The summed E-state index contributed by atoms with van der Waals surface area (Å²) < 4.78 is 1.89. The van der Waals surface area contributed by atoms with Crippen LogP contribution >= 0.6 is 0 Å². The van der Waals surface area contributed by atoms with Gasteiger partial charge in [0.25, 0.3) is 0 Å². The summed E-state index contributed by atoms with van der Waals surface area (Å²) in [6.45, 7) is 0.732. The molecule has 0 spiro atoms. The fourth-order valence-electron chi connectivity index (χ4n) is 2.47. The predicted octanol–water partition coefficient (Wildman–Crippen LogP) is 2.29. The van der Waals surface area contributed by atoms with Gasteiger partial charge in [-0.3, -0.25) is 0 Å². The normalized spacial score (nSPS) is 13.4. The maximum atomic E-state index is 8.91. The van der Waals surface area contributed by atoms with E-state index in [9.17, 15) is 0 Å². The summed E-state index contributed by atoms with van der Waals surface area (Å²) in [5.74, 6) is 0.477. The van der Waals surface area contributed by atoms with Gasteiger partial charge in [-0.05, 0) is 36.0 Å². The standard InChI is InChI=1S/C14H13N3/c15-9-14-16-6-7-17(14)10-11-4-5-12-2-1-3-13(12)8-11/h4-8H,1-3,10H2. The van der Waals surface area contributed by atoms with Crippen LogP contribution in [-0.4, -0.2) is 9.55 Å². The number of rotatable bonds is 2. The molecule has 3 rings (SSSR count). The van der Waals surface area contributed by atoms with E-state index in [4.69, 9.17) is 5.26 Å². The van der Waals surface area contributed by atoms with Crippen molar-refractivity contribution in [1.82, 2.24) is 9.55 Å². The van der Waals surface area contributed by atoms with Crippen molar-refractivity contribution in [2.45, 2.75) is 25.8 Å². The largest absolute Gasteiger partial charge is 0.318 e. The first-order valence-electron chi connectivity index (χ1n) is 5.89. The number of benzene rings is 1. The van der Waals surface area contributed by atoms with Gasteiger partial charge in [0.15, 0.2) is 0 Å². The summed E-state index contributed by atoms with van der Waals surface area (Å²) in [7, 11) is 0. The van der Waals surface area contributed by atoms with Crippen LogP contribution in [0.25, 0.3) is 0 Å². The van der Waals surface area contributed by atoms with Crippen molar-refractivity contribution >= 4 is 0 Å². The minimum atomic E-state index is 0.477. The minimum absolute atomic E-state index is 0.477. The van der Waals surface area contributed by atoms with Gasteiger partial charge in [-0.1, -0.05) is 18.2 Å². The summed E-state index contributed by atoms with van der Waals surface area (Å²) in [6.07, 6.45) is 7.20. The van der Waals surface area contributed by atoms with Crippen LogP contribution in [-0.2, 0) is 19.4 Å². The number of hydrogen-bond donors (Lipinski definition) is 0. The molecule has 0 saturated heterocycles. The second kappa shape index (κ2) is 4.06. The SMILES string of the molecule is N#Cc1nccn1Cc1ccc2c(c1)CCC2. The first-order valence-corrected chi connectivity index (χ1v) is 5.89. The van der Waals surface area contributed by atoms with Gasteiger partial charge in [-0.25, -0.2) is 4.98 Å². The van der Waals surface area contributed by atoms with Crippen LogP contribution in [0, 0.1) is 11.3 Å². The third kappa shape index (κ3) is 1.83. The lowest BCUT2D eigenvalue weighted by Crippen LogP contribution is -2.02. The zero-order valence-electron chi connectivity index (χ0n) is 9.56. The van der Waals surface area contributed by atoms with Crippen molar-refractivity contribution in [2.75, 3.05) is 0 Å². The van der Waals surface area contributed by atoms with E-state index in [1.807, 2.05) is 10.8 Å². The van der Waals surface area contributed by atoms with E-state index in [1.165, 1.54) is 36.0 Å². The Bertz CT molecular complexity index is 590. The Hall–Kier alpha value is -2.08. The number of imidazole rings is 1. The lowest BCUT2D eigenvalue weighted by Gasteiger charge is -2.06. The summed E-state index contributed by atoms with van der Waals surface area (Å²) in [6, 6.07) is 8.75. The number of aryl methyl sites for hydroxylation is 2. The average Bonchev–Trinajstić information content (AvgIpc) is 2.96. The molecule has 1 aromatic carbocycles. The van der Waals surface area contributed by atoms with Crippen LogP contribution in [0.15, 0.2) is 30.6 Å². The molecule has 0 radical (unpaired) electrons. The van der Waals surface area contributed by atoms with Crippen molar-refractivity contribution in [3.63, 3.8) is 0 Å². The van der Waals surface area contributed by atoms with Gasteiger partial charge >= 0.3 is 0 Å². The number of nitriles is 1. The van der Waals surface area contributed by atoms with E-state index in [1.54, 1.807) is 6.20 Å². The Balaban J connectivity index is 1.89. The molecule has 1 aliphatic rings. The molecule has 0 fully saturated rings. The smallest absolute Gasteiger partial charge is 0.213 e. The molecule has 2 aromatic rings. The Morgan fingerprint density at radius 3 is 3.06 bits per heavy atom. The fraction of sp³-hybridized carbons (Fsp3) is 0.286. The first kappa shape index (κ1) is 10.1. The van der Waals surface area contributed by atoms with Crippen molar-refractivity contribution in [2.24, 2.45) is 0 Å². The highest BCUT2D eigenvalue weighted by atomic mass is 15.1. The summed E-state index contributed by atoms with van der Waals surface area (Å²) in [5.41, 5.74) is 4.21. The number of nitrogens with zero attached hydrogens (tertiary/aromatic N) is 3. The van der Waals surface area contributed by atoms with Gasteiger partial charge in [0, 0.05) is 18.9 Å². The highest BCUT2D eigenvalue weighted by molar-refractivity contribution is 5.35. The van der Waals surface area contributed by atoms with E-state index < -0.39 is 0 Å². The van der Waals surface area contributed by atoms with Gasteiger partial charge in [0.1, 0.15) is 6.07 Å². The number of fused-ring (bicyclic) bond motifs is 1. The number of aromatic nitrogens is 2. The second-order valence-corrected chi connectivity index (χ2v) is 4.45. The van der Waals surface area contributed by atoms with Gasteiger partial charge in [-0.2, -0.15) is 5.26 Å². The molecule has 0 saturated carbocycles. The third-order valence-electron chi connectivity index (χ3n) is 3.33. The molecule has 0 unspecified atom stereocenters. The van der Waals surface area contributed by atoms with Gasteiger partial charge in [-0.15, -0.1) is 0 Å². The van der Waals surface area contributed by atoms with E-state index >= 15 is 0 Å². The average molecular weight is 223 g/mol. The highest BCUT2D eigenvalue weighted by Gasteiger charge is 2.11. The molecule has 1 aromatic heterocycles. The van der Waals surface area contributed by atoms with Crippen molar-refractivity contribution in [3.05, 3.63) is 53.1 Å². The molecule has 84 valence electrons. The Morgan fingerprint density at radius 1 is 1.29 bits per heavy atom. The Labute approximate surface area is 100 Å². The Kier molecular flexibility index (Phi) is 2.41. The van der Waals surface area contributed by atoms with Crippen LogP contribution in [0.3, 0.4) is 0 Å². The van der Waals surface area contributed by atoms with Crippen molar-refractivity contribution < 1.29 is 0 Å². The molecule has 1 aliphatic carbocycles. The molecule has 3 nitrogen and oxygen atoms in total. The lowest BCUT2D eigenvalue weighted by molar-refractivity contribution is 0.781. The van der Waals surface area contributed by atoms with Crippen LogP contribution in [0.2, 0.25) is 0 Å². The summed E-state index contributed by atoms with van der Waals surface area (Å²) >= 11 is 0. The second-order valence-electron chi connectivity index (χ2n) is 4.45. The lowest BCUT2D eigenvalue weighted by atomic mass is 10.1. The van der Waals surface area contributed by atoms with Crippen LogP contribution in [0.1, 0.15) is 28.9 Å².